The fourth-order valence-electron chi connectivity index (χ4n) is 2.69. The van der Waals surface area contributed by atoms with Gasteiger partial charge in [-0.1, -0.05) is 0 Å². The molecule has 6 nitrogen and oxygen atoms in total. The molecular weight excluding hydrogens is 282 g/mol. The first-order valence-electron chi connectivity index (χ1n) is 7.55. The van der Waals surface area contributed by atoms with Gasteiger partial charge in [0.15, 0.2) is 0 Å². The fraction of sp³-hybridized carbons (Fsp3) is 0.500. The zero-order valence-electron chi connectivity index (χ0n) is 12.8. The Balaban J connectivity index is 1.78. The number of nitrogens with two attached hydrogens (primary N) is 2. The van der Waals surface area contributed by atoms with E-state index in [2.05, 4.69) is 0 Å². The van der Waals surface area contributed by atoms with Gasteiger partial charge in [-0.3, -0.25) is 9.59 Å². The second kappa shape index (κ2) is 7.26. The summed E-state index contributed by atoms with van der Waals surface area (Å²) < 4.78 is 5.53. The molecule has 1 heterocycles. The molecule has 2 amide bonds. The summed E-state index contributed by atoms with van der Waals surface area (Å²) in [5, 5.41) is 0. The summed E-state index contributed by atoms with van der Waals surface area (Å²) in [7, 11) is 0. The van der Waals surface area contributed by atoms with E-state index in [4.69, 9.17) is 16.2 Å². The number of amides is 2. The van der Waals surface area contributed by atoms with E-state index >= 15 is 0 Å². The molecule has 2 rings (SSSR count). The number of piperidine rings is 1. The molecule has 0 spiro atoms. The normalized spacial score (nSPS) is 21.5. The Labute approximate surface area is 130 Å². The number of carbonyl (C=O) groups is 2. The van der Waals surface area contributed by atoms with Crippen molar-refractivity contribution in [3.8, 4) is 5.75 Å². The largest absolute Gasteiger partial charge is 0.493 e. The Kier molecular flexibility index (Phi) is 5.38. The van der Waals surface area contributed by atoms with Crippen molar-refractivity contribution >= 4 is 11.8 Å². The van der Waals surface area contributed by atoms with Gasteiger partial charge in [-0.15, -0.1) is 0 Å². The Bertz CT molecular complexity index is 530. The van der Waals surface area contributed by atoms with Gasteiger partial charge in [0.25, 0.3) is 0 Å². The molecule has 6 heteroatoms. The Morgan fingerprint density at radius 3 is 2.59 bits per heavy atom. The van der Waals surface area contributed by atoms with Crippen LogP contribution in [0, 0.1) is 0 Å². The Morgan fingerprint density at radius 1 is 1.32 bits per heavy atom. The van der Waals surface area contributed by atoms with E-state index in [1.165, 1.54) is 0 Å². The third kappa shape index (κ3) is 4.21. The zero-order valence-corrected chi connectivity index (χ0v) is 12.8. The van der Waals surface area contributed by atoms with Crippen LogP contribution in [0.3, 0.4) is 0 Å². The van der Waals surface area contributed by atoms with Gasteiger partial charge in [0.05, 0.1) is 13.0 Å². The smallest absolute Gasteiger partial charge is 0.248 e. The van der Waals surface area contributed by atoms with Crippen molar-refractivity contribution in [3.05, 3.63) is 29.8 Å². The molecule has 1 aliphatic rings. The van der Waals surface area contributed by atoms with Gasteiger partial charge in [-0.25, -0.2) is 0 Å². The predicted molar refractivity (Wildman–Crippen MR) is 83.5 cm³/mol. The number of carbonyl (C=O) groups excluding carboxylic acids is 2. The fourth-order valence-corrected chi connectivity index (χ4v) is 2.69. The number of nitrogens with zero attached hydrogens (tertiary/aromatic N) is 1. The quantitative estimate of drug-likeness (QED) is 0.844. The predicted octanol–water partition coefficient (Wildman–Crippen LogP) is 0.893. The molecule has 2 atom stereocenters. The molecule has 0 saturated carbocycles. The first-order valence-corrected chi connectivity index (χ1v) is 7.55. The minimum atomic E-state index is -0.473. The summed E-state index contributed by atoms with van der Waals surface area (Å²) in [6, 6.07) is 6.94. The molecule has 0 radical (unpaired) electrons. The first kappa shape index (κ1) is 16.3. The van der Waals surface area contributed by atoms with Crippen LogP contribution in [-0.2, 0) is 4.79 Å². The van der Waals surface area contributed by atoms with Crippen molar-refractivity contribution in [2.75, 3.05) is 13.2 Å². The molecule has 120 valence electrons. The van der Waals surface area contributed by atoms with Crippen LogP contribution >= 0.6 is 0 Å². The monoisotopic (exact) mass is 305 g/mol. The molecule has 1 saturated heterocycles. The average molecular weight is 305 g/mol. The number of hydrogen-bond donors (Lipinski definition) is 2. The van der Waals surface area contributed by atoms with Gasteiger partial charge in [0.1, 0.15) is 5.75 Å². The first-order chi connectivity index (χ1) is 10.5. The van der Waals surface area contributed by atoms with E-state index in [0.717, 1.165) is 12.8 Å². The average Bonchev–Trinajstić information content (AvgIpc) is 2.47. The van der Waals surface area contributed by atoms with Crippen LogP contribution < -0.4 is 16.2 Å². The van der Waals surface area contributed by atoms with Crippen molar-refractivity contribution in [2.45, 2.75) is 38.3 Å². The van der Waals surface area contributed by atoms with Crippen molar-refractivity contribution in [1.82, 2.24) is 4.90 Å². The van der Waals surface area contributed by atoms with Gasteiger partial charge in [-0.05, 0) is 44.0 Å². The number of hydrogen-bond acceptors (Lipinski definition) is 4. The number of primary amides is 1. The zero-order chi connectivity index (χ0) is 16.1. The maximum Gasteiger partial charge on any atom is 0.248 e. The van der Waals surface area contributed by atoms with E-state index in [1.54, 1.807) is 24.3 Å². The van der Waals surface area contributed by atoms with Crippen LogP contribution in [0.15, 0.2) is 24.3 Å². The summed E-state index contributed by atoms with van der Waals surface area (Å²) in [4.78, 5) is 25.0. The van der Waals surface area contributed by atoms with Gasteiger partial charge >= 0.3 is 0 Å². The highest BCUT2D eigenvalue weighted by Crippen LogP contribution is 2.17. The third-order valence-corrected chi connectivity index (χ3v) is 3.96. The standard InChI is InChI=1S/C16H23N3O3/c1-11-10-13(17)6-8-19(11)15(20)7-9-22-14-4-2-12(3-5-14)16(18)21/h2-5,11,13H,6-10,17H2,1H3,(H2,18,21)/t11-,13-/m0/s1. The summed E-state index contributed by atoms with van der Waals surface area (Å²) >= 11 is 0. The number of ether oxygens (including phenoxy) is 1. The highest BCUT2D eigenvalue weighted by atomic mass is 16.5. The van der Waals surface area contributed by atoms with Gasteiger partial charge in [0.2, 0.25) is 11.8 Å². The molecule has 1 fully saturated rings. The van der Waals surface area contributed by atoms with Crippen LogP contribution in [-0.4, -0.2) is 41.9 Å². The number of benzene rings is 1. The van der Waals surface area contributed by atoms with E-state index in [9.17, 15) is 9.59 Å². The molecule has 0 unspecified atom stereocenters. The van der Waals surface area contributed by atoms with Crippen molar-refractivity contribution in [2.24, 2.45) is 11.5 Å². The summed E-state index contributed by atoms with van der Waals surface area (Å²) in [6.07, 6.45) is 2.03. The van der Waals surface area contributed by atoms with Crippen LogP contribution in [0.1, 0.15) is 36.5 Å². The topological polar surface area (TPSA) is 98.7 Å². The summed E-state index contributed by atoms with van der Waals surface area (Å²) in [5.41, 5.74) is 11.5. The molecule has 1 aliphatic heterocycles. The van der Waals surface area contributed by atoms with Crippen molar-refractivity contribution in [1.29, 1.82) is 0 Å². The van der Waals surface area contributed by atoms with E-state index < -0.39 is 5.91 Å². The lowest BCUT2D eigenvalue weighted by atomic mass is 9.99. The van der Waals surface area contributed by atoms with Crippen LogP contribution in [0.2, 0.25) is 0 Å². The highest BCUT2D eigenvalue weighted by Gasteiger charge is 2.26. The van der Waals surface area contributed by atoms with Crippen molar-refractivity contribution < 1.29 is 14.3 Å². The van der Waals surface area contributed by atoms with Gasteiger partial charge in [0, 0.05) is 24.2 Å². The van der Waals surface area contributed by atoms with Gasteiger partial charge < -0.3 is 21.1 Å². The number of rotatable bonds is 5. The molecule has 0 aromatic heterocycles. The lowest BCUT2D eigenvalue weighted by molar-refractivity contribution is -0.135. The second-order valence-electron chi connectivity index (χ2n) is 5.71. The van der Waals surface area contributed by atoms with Crippen LogP contribution in [0.5, 0.6) is 5.75 Å². The van der Waals surface area contributed by atoms with E-state index in [1.807, 2.05) is 11.8 Å². The summed E-state index contributed by atoms with van der Waals surface area (Å²) in [5.74, 6) is 0.235. The lowest BCUT2D eigenvalue weighted by Crippen LogP contribution is -2.48. The third-order valence-electron chi connectivity index (χ3n) is 3.96. The highest BCUT2D eigenvalue weighted by molar-refractivity contribution is 5.92. The lowest BCUT2D eigenvalue weighted by Gasteiger charge is -2.36. The SMILES string of the molecule is C[C@H]1C[C@@H](N)CCN1C(=O)CCOc1ccc(C(N)=O)cc1. The minimum absolute atomic E-state index is 0.0909. The summed E-state index contributed by atoms with van der Waals surface area (Å²) in [6.45, 7) is 3.05. The molecule has 4 N–H and O–H groups in total. The molecule has 0 aliphatic carbocycles. The van der Waals surface area contributed by atoms with E-state index in [0.29, 0.717) is 30.9 Å². The molecule has 22 heavy (non-hydrogen) atoms. The van der Waals surface area contributed by atoms with Crippen LogP contribution in [0.4, 0.5) is 0 Å². The van der Waals surface area contributed by atoms with Crippen LogP contribution in [0.25, 0.3) is 0 Å². The maximum atomic E-state index is 12.2. The molecular formula is C16H23N3O3. The molecule has 1 aromatic carbocycles. The van der Waals surface area contributed by atoms with Crippen molar-refractivity contribution in [3.63, 3.8) is 0 Å². The molecule has 1 aromatic rings. The second-order valence-corrected chi connectivity index (χ2v) is 5.71. The Hall–Kier alpha value is -2.08. The van der Waals surface area contributed by atoms with E-state index in [-0.39, 0.29) is 18.0 Å². The minimum Gasteiger partial charge on any atom is -0.493 e. The molecule has 0 bridgehead atoms. The maximum absolute atomic E-state index is 12.2. The van der Waals surface area contributed by atoms with Gasteiger partial charge in [-0.2, -0.15) is 0 Å². The number of likely N-dealkylation sites (tertiary alicyclic amines) is 1. The Morgan fingerprint density at radius 2 is 2.00 bits per heavy atom.